The Morgan fingerprint density at radius 3 is 3.07 bits per heavy atom. The molecule has 0 spiro atoms. The number of aliphatic carboxylic acids is 1. The third-order valence-corrected chi connectivity index (χ3v) is 2.69. The van der Waals surface area contributed by atoms with Crippen molar-refractivity contribution in [2.75, 3.05) is 5.32 Å². The Kier molecular flexibility index (Phi) is 3.88. The smallest absolute Gasteiger partial charge is 0.309 e. The van der Waals surface area contributed by atoms with Crippen LogP contribution in [0.2, 0.25) is 0 Å². The topological polar surface area (TPSA) is 62.2 Å². The molecule has 0 aliphatic heterocycles. The summed E-state index contributed by atoms with van der Waals surface area (Å²) in [5, 5.41) is 14.3. The summed E-state index contributed by atoms with van der Waals surface area (Å²) in [5.74, 6) is -0.842. The zero-order chi connectivity index (χ0) is 10.6. The van der Waals surface area contributed by atoms with E-state index in [1.54, 1.807) is 5.38 Å². The summed E-state index contributed by atoms with van der Waals surface area (Å²) in [6.07, 6.45) is 1.02. The zero-order valence-electron chi connectivity index (χ0n) is 8.28. The third kappa shape index (κ3) is 3.33. The van der Waals surface area contributed by atoms with Crippen LogP contribution >= 0.6 is 11.3 Å². The highest BCUT2D eigenvalue weighted by Crippen LogP contribution is 2.17. The minimum atomic E-state index is -0.842. The van der Waals surface area contributed by atoms with E-state index in [-0.39, 0.29) is 6.42 Å². The van der Waals surface area contributed by atoms with E-state index >= 15 is 0 Å². The second-order valence-corrected chi connectivity index (χ2v) is 4.03. The van der Waals surface area contributed by atoms with Crippen molar-refractivity contribution in [1.82, 2.24) is 4.98 Å². The lowest BCUT2D eigenvalue weighted by Crippen LogP contribution is -2.13. The number of carboxylic acids is 1. The normalized spacial score (nSPS) is 12.4. The number of hydrogen-bond acceptors (Lipinski definition) is 4. The van der Waals surface area contributed by atoms with Crippen LogP contribution in [0.3, 0.4) is 0 Å². The second-order valence-electron chi connectivity index (χ2n) is 3.17. The number of aromatic nitrogens is 1. The monoisotopic (exact) mass is 214 g/mol. The van der Waals surface area contributed by atoms with E-state index in [1.807, 2.05) is 0 Å². The van der Waals surface area contributed by atoms with Gasteiger partial charge in [0.15, 0.2) is 5.13 Å². The maximum absolute atomic E-state index is 10.4. The van der Waals surface area contributed by atoms with Crippen LogP contribution in [0.15, 0.2) is 5.38 Å². The minimum absolute atomic E-state index is 0.00130. The largest absolute Gasteiger partial charge is 0.481 e. The Labute approximate surface area is 87.0 Å². The van der Waals surface area contributed by atoms with Gasteiger partial charge in [-0.05, 0) is 13.3 Å². The Morgan fingerprint density at radius 1 is 1.79 bits per heavy atom. The molecule has 4 nitrogen and oxygen atoms in total. The van der Waals surface area contributed by atoms with Crippen LogP contribution in [0.1, 0.15) is 26.0 Å². The zero-order valence-corrected chi connectivity index (χ0v) is 9.10. The third-order valence-electron chi connectivity index (χ3n) is 1.87. The van der Waals surface area contributed by atoms with Crippen LogP contribution in [0, 0.1) is 0 Å². The summed E-state index contributed by atoms with van der Waals surface area (Å²) in [5.41, 5.74) is 0.619. The summed E-state index contributed by atoms with van der Waals surface area (Å²) >= 11 is 1.45. The molecule has 1 atom stereocenters. The van der Waals surface area contributed by atoms with Gasteiger partial charge in [0.25, 0.3) is 0 Å². The second kappa shape index (κ2) is 4.95. The maximum atomic E-state index is 10.4. The van der Waals surface area contributed by atoms with Gasteiger partial charge in [-0.3, -0.25) is 4.79 Å². The maximum Gasteiger partial charge on any atom is 0.309 e. The van der Waals surface area contributed by atoms with Crippen molar-refractivity contribution in [3.63, 3.8) is 0 Å². The predicted molar refractivity (Wildman–Crippen MR) is 56.8 cm³/mol. The van der Waals surface area contributed by atoms with Crippen molar-refractivity contribution in [3.05, 3.63) is 11.1 Å². The number of hydrogen-bond donors (Lipinski definition) is 2. The van der Waals surface area contributed by atoms with Crippen molar-refractivity contribution < 1.29 is 9.90 Å². The Morgan fingerprint density at radius 2 is 2.50 bits per heavy atom. The average Bonchev–Trinajstić information content (AvgIpc) is 2.51. The van der Waals surface area contributed by atoms with E-state index in [0.29, 0.717) is 11.7 Å². The average molecular weight is 214 g/mol. The van der Waals surface area contributed by atoms with E-state index in [1.165, 1.54) is 11.3 Å². The highest BCUT2D eigenvalue weighted by atomic mass is 32.1. The fraction of sp³-hybridized carbons (Fsp3) is 0.556. The van der Waals surface area contributed by atoms with Crippen LogP contribution < -0.4 is 5.32 Å². The molecule has 2 N–H and O–H groups in total. The molecule has 78 valence electrons. The number of nitrogens with one attached hydrogen (secondary N) is 1. The SMILES string of the molecule is CC[C@@H](C)Nc1nc(CC(=O)O)cs1. The molecular formula is C9H14N2O2S. The number of nitrogens with zero attached hydrogens (tertiary/aromatic N) is 1. The molecule has 0 fully saturated rings. The van der Waals surface area contributed by atoms with Gasteiger partial charge in [-0.15, -0.1) is 11.3 Å². The van der Waals surface area contributed by atoms with Gasteiger partial charge in [-0.25, -0.2) is 4.98 Å². The molecule has 0 unspecified atom stereocenters. The number of rotatable bonds is 5. The molecule has 0 radical (unpaired) electrons. The van der Waals surface area contributed by atoms with Crippen LogP contribution in [-0.4, -0.2) is 22.1 Å². The van der Waals surface area contributed by atoms with Gasteiger partial charge in [0.2, 0.25) is 0 Å². The van der Waals surface area contributed by atoms with Crippen molar-refractivity contribution in [2.24, 2.45) is 0 Å². The number of carbonyl (C=O) groups is 1. The van der Waals surface area contributed by atoms with Gasteiger partial charge in [0, 0.05) is 11.4 Å². The molecule has 1 heterocycles. The summed E-state index contributed by atoms with van der Waals surface area (Å²) in [6, 6.07) is 0.374. The van der Waals surface area contributed by atoms with E-state index in [9.17, 15) is 4.79 Å². The van der Waals surface area contributed by atoms with Gasteiger partial charge in [0.1, 0.15) is 0 Å². The number of anilines is 1. The Bertz CT molecular complexity index is 312. The molecule has 0 bridgehead atoms. The molecule has 5 heteroatoms. The lowest BCUT2D eigenvalue weighted by Gasteiger charge is -2.08. The molecule has 1 aromatic rings. The molecule has 1 rings (SSSR count). The quantitative estimate of drug-likeness (QED) is 0.786. The highest BCUT2D eigenvalue weighted by Gasteiger charge is 2.07. The van der Waals surface area contributed by atoms with Crippen LogP contribution in [0.25, 0.3) is 0 Å². The van der Waals surface area contributed by atoms with Gasteiger partial charge >= 0.3 is 5.97 Å². The van der Waals surface area contributed by atoms with Crippen molar-refractivity contribution in [1.29, 1.82) is 0 Å². The lowest BCUT2D eigenvalue weighted by molar-refractivity contribution is -0.136. The van der Waals surface area contributed by atoms with Crippen LogP contribution in [-0.2, 0) is 11.2 Å². The standard InChI is InChI=1S/C9H14N2O2S/c1-3-6(2)10-9-11-7(5-14-9)4-8(12)13/h5-6H,3-4H2,1-2H3,(H,10,11)(H,12,13)/t6-/m1/s1. The Balaban J connectivity index is 2.54. The molecule has 0 aliphatic carbocycles. The summed E-state index contributed by atoms with van der Waals surface area (Å²) in [7, 11) is 0. The van der Waals surface area contributed by atoms with Gasteiger partial charge in [0.05, 0.1) is 12.1 Å². The van der Waals surface area contributed by atoms with Crippen LogP contribution in [0.5, 0.6) is 0 Å². The van der Waals surface area contributed by atoms with Crippen molar-refractivity contribution >= 4 is 22.4 Å². The van der Waals surface area contributed by atoms with E-state index in [2.05, 4.69) is 24.1 Å². The highest BCUT2D eigenvalue weighted by molar-refractivity contribution is 7.13. The molecule has 0 aliphatic rings. The molecule has 14 heavy (non-hydrogen) atoms. The summed E-state index contributed by atoms with van der Waals surface area (Å²) in [6.45, 7) is 4.15. The first-order valence-corrected chi connectivity index (χ1v) is 5.42. The van der Waals surface area contributed by atoms with E-state index in [0.717, 1.165) is 11.6 Å². The summed E-state index contributed by atoms with van der Waals surface area (Å²) < 4.78 is 0. The molecule has 1 aromatic heterocycles. The number of carboxylic acid groups (broad SMARTS) is 1. The van der Waals surface area contributed by atoms with Crippen LogP contribution in [0.4, 0.5) is 5.13 Å². The first kappa shape index (κ1) is 11.0. The lowest BCUT2D eigenvalue weighted by atomic mass is 10.3. The fourth-order valence-corrected chi connectivity index (χ4v) is 1.75. The Hall–Kier alpha value is -1.10. The van der Waals surface area contributed by atoms with Gasteiger partial charge < -0.3 is 10.4 Å². The molecule has 0 aromatic carbocycles. The predicted octanol–water partition coefficient (Wildman–Crippen LogP) is 1.98. The van der Waals surface area contributed by atoms with Gasteiger partial charge in [-0.2, -0.15) is 0 Å². The summed E-state index contributed by atoms with van der Waals surface area (Å²) in [4.78, 5) is 14.6. The van der Waals surface area contributed by atoms with Crippen molar-refractivity contribution in [2.45, 2.75) is 32.7 Å². The molecule has 0 saturated heterocycles. The van der Waals surface area contributed by atoms with Crippen molar-refractivity contribution in [3.8, 4) is 0 Å². The minimum Gasteiger partial charge on any atom is -0.481 e. The van der Waals surface area contributed by atoms with Gasteiger partial charge in [-0.1, -0.05) is 6.92 Å². The van der Waals surface area contributed by atoms with E-state index < -0.39 is 5.97 Å². The first-order valence-electron chi connectivity index (χ1n) is 4.54. The first-order chi connectivity index (χ1) is 6.61. The molecule has 0 amide bonds. The molecule has 0 saturated carbocycles. The fourth-order valence-electron chi connectivity index (χ4n) is 0.922. The van der Waals surface area contributed by atoms with E-state index in [4.69, 9.17) is 5.11 Å². The number of thiazole rings is 1. The molecular weight excluding hydrogens is 200 g/mol.